The maximum atomic E-state index is 17.2. The number of alkyl halides is 3. The number of rotatable bonds is 5. The molecule has 2 N–H and O–H groups in total. The first-order valence-electron chi connectivity index (χ1n) is 11.7. The summed E-state index contributed by atoms with van der Waals surface area (Å²) < 4.78 is 46.0. The lowest BCUT2D eigenvalue weighted by Crippen LogP contribution is -2.69. The van der Waals surface area contributed by atoms with Gasteiger partial charge < -0.3 is 10.2 Å². The summed E-state index contributed by atoms with van der Waals surface area (Å²) in [5.74, 6) is -3.07. The first-order chi connectivity index (χ1) is 15.8. The highest BCUT2D eigenvalue weighted by Crippen LogP contribution is 2.74. The third-order valence-electron chi connectivity index (χ3n) is 9.69. The van der Waals surface area contributed by atoms with E-state index in [2.05, 4.69) is 0 Å². The van der Waals surface area contributed by atoms with Crippen molar-refractivity contribution in [2.24, 2.45) is 34.0 Å². The maximum absolute atomic E-state index is 17.2. The van der Waals surface area contributed by atoms with Gasteiger partial charge >= 0.3 is 0 Å². The van der Waals surface area contributed by atoms with Gasteiger partial charge in [-0.1, -0.05) is 31.7 Å². The van der Waals surface area contributed by atoms with Gasteiger partial charge in [-0.05, 0) is 61.2 Å². The SMILES string of the molecule is C[C@@H]1C[C@H]2[C@@H]3C[C@H](F)C4=CC(=O)C=C[C@]4(C)[C@@]3(F)[C@@H](O)C[C@]2(C)[C@@]1(CC(=O)CO)C(=O)SCF. The van der Waals surface area contributed by atoms with Gasteiger partial charge in [-0.25, -0.2) is 13.2 Å². The summed E-state index contributed by atoms with van der Waals surface area (Å²) in [6, 6.07) is -1.00. The van der Waals surface area contributed by atoms with Crippen LogP contribution in [0.15, 0.2) is 23.8 Å². The van der Waals surface area contributed by atoms with Crippen molar-refractivity contribution in [1.29, 1.82) is 0 Å². The fourth-order valence-electron chi connectivity index (χ4n) is 8.07. The summed E-state index contributed by atoms with van der Waals surface area (Å²) in [4.78, 5) is 37.8. The molecule has 0 aromatic heterocycles. The van der Waals surface area contributed by atoms with Crippen LogP contribution < -0.4 is 0 Å². The number of carbonyl (C=O) groups is 3. The van der Waals surface area contributed by atoms with Crippen molar-refractivity contribution in [2.45, 2.75) is 64.4 Å². The van der Waals surface area contributed by atoms with E-state index >= 15 is 8.78 Å². The average molecular weight is 501 g/mol. The zero-order chi connectivity index (χ0) is 25.3. The summed E-state index contributed by atoms with van der Waals surface area (Å²) in [6.07, 6.45) is -0.0718. The molecule has 4 rings (SSSR count). The zero-order valence-electron chi connectivity index (χ0n) is 19.5. The average Bonchev–Trinajstić information content (AvgIpc) is 2.99. The summed E-state index contributed by atoms with van der Waals surface area (Å²) in [6.45, 7) is 4.17. The van der Waals surface area contributed by atoms with Gasteiger partial charge in [0.2, 0.25) is 0 Å². The molecular weight excluding hydrogens is 469 g/mol. The lowest BCUT2D eigenvalue weighted by Gasteiger charge is -2.63. The molecule has 0 aliphatic heterocycles. The highest BCUT2D eigenvalue weighted by molar-refractivity contribution is 8.13. The van der Waals surface area contributed by atoms with Gasteiger partial charge in [0.15, 0.2) is 22.4 Å². The number of aliphatic hydroxyl groups is 2. The van der Waals surface area contributed by atoms with E-state index < -0.39 is 81.2 Å². The van der Waals surface area contributed by atoms with Gasteiger partial charge in [0.1, 0.15) is 18.8 Å². The Labute approximate surface area is 201 Å². The van der Waals surface area contributed by atoms with Gasteiger partial charge in [0.25, 0.3) is 0 Å². The number of allylic oxidation sites excluding steroid dienone is 4. The second kappa shape index (κ2) is 8.30. The molecule has 3 saturated carbocycles. The largest absolute Gasteiger partial charge is 0.390 e. The van der Waals surface area contributed by atoms with E-state index in [9.17, 15) is 29.0 Å². The second-order valence-electron chi connectivity index (χ2n) is 10.9. The van der Waals surface area contributed by atoms with Crippen LogP contribution in [0.4, 0.5) is 13.2 Å². The molecule has 9 atom stereocenters. The Bertz CT molecular complexity index is 984. The quantitative estimate of drug-likeness (QED) is 0.599. The Morgan fingerprint density at radius 3 is 2.53 bits per heavy atom. The van der Waals surface area contributed by atoms with E-state index in [0.29, 0.717) is 18.2 Å². The smallest absolute Gasteiger partial charge is 0.198 e. The fraction of sp³-hybridized carbons (Fsp3) is 0.720. The molecule has 188 valence electrons. The number of carbonyl (C=O) groups excluding carboxylic acids is 3. The molecule has 34 heavy (non-hydrogen) atoms. The van der Waals surface area contributed by atoms with Crippen molar-refractivity contribution in [2.75, 3.05) is 12.6 Å². The predicted molar refractivity (Wildman–Crippen MR) is 121 cm³/mol. The molecule has 0 heterocycles. The van der Waals surface area contributed by atoms with Crippen molar-refractivity contribution in [3.05, 3.63) is 23.8 Å². The van der Waals surface area contributed by atoms with Crippen LogP contribution in [0.25, 0.3) is 0 Å². The summed E-state index contributed by atoms with van der Waals surface area (Å²) in [5.41, 5.74) is -6.38. The van der Waals surface area contributed by atoms with Crippen LogP contribution >= 0.6 is 11.8 Å². The highest BCUT2D eigenvalue weighted by Gasteiger charge is 2.76. The standard InChI is InChI=1S/C25H31F3O5S/c1-13-6-16-17-8-19(27)18-7-14(30)4-5-22(18,2)25(17,28)20(32)10-23(16,3)24(13,9-15(31)11-29)21(33)34-12-26/h4-5,7,13,16-17,19-20,29,32H,6,8-12H2,1-3H3/t13-,16+,17+,19+,20+,22+,23+,24-,25+/m1/s1. The second-order valence-corrected chi connectivity index (χ2v) is 11.8. The molecule has 5 nitrogen and oxygen atoms in total. The topological polar surface area (TPSA) is 91.7 Å². The number of ketones is 2. The van der Waals surface area contributed by atoms with Gasteiger partial charge in [-0.2, -0.15) is 0 Å². The Kier molecular flexibility index (Phi) is 6.26. The van der Waals surface area contributed by atoms with E-state index in [0.717, 1.165) is 6.08 Å². The molecule has 4 aliphatic rings. The number of Topliss-reactive ketones (excluding diaryl/α,β-unsaturated/α-hetero) is 1. The summed E-state index contributed by atoms with van der Waals surface area (Å²) in [7, 11) is 0. The lowest BCUT2D eigenvalue weighted by molar-refractivity contribution is -0.211. The minimum Gasteiger partial charge on any atom is -0.390 e. The molecule has 0 bridgehead atoms. The molecule has 0 spiro atoms. The van der Waals surface area contributed by atoms with Crippen LogP contribution in [0.5, 0.6) is 0 Å². The number of halogens is 3. The summed E-state index contributed by atoms with van der Waals surface area (Å²) in [5, 5.41) is 20.3. The normalized spacial score (nSPS) is 47.5. The molecule has 0 unspecified atom stereocenters. The van der Waals surface area contributed by atoms with E-state index in [-0.39, 0.29) is 24.8 Å². The molecule has 0 aromatic rings. The number of aliphatic hydroxyl groups excluding tert-OH is 2. The minimum absolute atomic E-state index is 0.0123. The maximum Gasteiger partial charge on any atom is 0.198 e. The first kappa shape index (κ1) is 25.6. The zero-order valence-corrected chi connectivity index (χ0v) is 20.3. The minimum atomic E-state index is -2.30. The van der Waals surface area contributed by atoms with Crippen molar-refractivity contribution in [1.82, 2.24) is 0 Å². The van der Waals surface area contributed by atoms with Crippen LogP contribution in [0.3, 0.4) is 0 Å². The predicted octanol–water partition coefficient (Wildman–Crippen LogP) is 3.68. The van der Waals surface area contributed by atoms with E-state index in [1.54, 1.807) is 13.8 Å². The number of thioether (sulfide) groups is 1. The van der Waals surface area contributed by atoms with E-state index in [1.165, 1.54) is 19.1 Å². The number of fused-ring (bicyclic) bond motifs is 5. The Balaban J connectivity index is 1.87. The molecule has 0 radical (unpaired) electrons. The monoisotopic (exact) mass is 500 g/mol. The number of hydrogen-bond acceptors (Lipinski definition) is 6. The highest BCUT2D eigenvalue weighted by atomic mass is 32.2. The van der Waals surface area contributed by atoms with Crippen LogP contribution in [0.2, 0.25) is 0 Å². The van der Waals surface area contributed by atoms with Crippen molar-refractivity contribution in [3.63, 3.8) is 0 Å². The van der Waals surface area contributed by atoms with Crippen molar-refractivity contribution >= 4 is 28.4 Å². The van der Waals surface area contributed by atoms with Gasteiger partial charge in [-0.15, -0.1) is 0 Å². The van der Waals surface area contributed by atoms with Gasteiger partial charge in [0.05, 0.1) is 11.5 Å². The molecular formula is C25H31F3O5S. The number of hydrogen-bond donors (Lipinski definition) is 2. The Hall–Kier alpha value is -1.45. The van der Waals surface area contributed by atoms with E-state index in [4.69, 9.17) is 0 Å². The fourth-order valence-corrected chi connectivity index (χ4v) is 8.94. The third kappa shape index (κ3) is 3.05. The first-order valence-corrected chi connectivity index (χ1v) is 12.6. The van der Waals surface area contributed by atoms with Crippen LogP contribution in [-0.2, 0) is 14.4 Å². The van der Waals surface area contributed by atoms with Crippen LogP contribution in [0, 0.1) is 34.0 Å². The molecule has 0 amide bonds. The molecule has 3 fully saturated rings. The Morgan fingerprint density at radius 1 is 1.24 bits per heavy atom. The van der Waals surface area contributed by atoms with Crippen LogP contribution in [-0.4, -0.2) is 57.5 Å². The summed E-state index contributed by atoms with van der Waals surface area (Å²) >= 11 is 0.439. The van der Waals surface area contributed by atoms with E-state index in [1.807, 2.05) is 0 Å². The third-order valence-corrected chi connectivity index (χ3v) is 10.4. The molecule has 4 aliphatic carbocycles. The molecule has 0 aromatic carbocycles. The van der Waals surface area contributed by atoms with Gasteiger partial charge in [-0.3, -0.25) is 14.4 Å². The molecule has 9 heteroatoms. The van der Waals surface area contributed by atoms with Crippen LogP contribution in [0.1, 0.15) is 46.5 Å². The Morgan fingerprint density at radius 2 is 1.91 bits per heavy atom. The van der Waals surface area contributed by atoms with Gasteiger partial charge in [0, 0.05) is 17.8 Å². The molecule has 0 saturated heterocycles. The lowest BCUT2D eigenvalue weighted by atomic mass is 9.43. The van der Waals surface area contributed by atoms with Crippen molar-refractivity contribution < 1.29 is 37.8 Å². The van der Waals surface area contributed by atoms with Crippen molar-refractivity contribution in [3.8, 4) is 0 Å².